The van der Waals surface area contributed by atoms with Crippen LogP contribution >= 0.6 is 0 Å². The minimum atomic E-state index is 0.0141. The fourth-order valence-electron chi connectivity index (χ4n) is 6.72. The molecule has 48 heavy (non-hydrogen) atoms. The Labute approximate surface area is 297 Å². The van der Waals surface area contributed by atoms with Crippen molar-refractivity contribution in [3.05, 3.63) is 82.5 Å². The van der Waals surface area contributed by atoms with Crippen molar-refractivity contribution in [3.8, 4) is 22.5 Å². The number of amides is 1. The van der Waals surface area contributed by atoms with Gasteiger partial charge in [0, 0.05) is 0 Å². The summed E-state index contributed by atoms with van der Waals surface area (Å²) in [5.41, 5.74) is 5.48. The van der Waals surface area contributed by atoms with E-state index in [1.165, 1.54) is 83.5 Å². The number of hydrogen-bond donors (Lipinski definition) is 0. The molecule has 4 nitrogen and oxygen atoms in total. The van der Waals surface area contributed by atoms with Crippen LogP contribution in [0.4, 0.5) is 5.69 Å². The van der Waals surface area contributed by atoms with Crippen molar-refractivity contribution < 1.29 is 24.2 Å². The van der Waals surface area contributed by atoms with E-state index >= 15 is 0 Å². The molecule has 2 aromatic rings. The number of hydrogen-bond acceptors (Lipinski definition) is 3. The number of benzene rings is 3. The fourth-order valence-corrected chi connectivity index (χ4v) is 6.93. The van der Waals surface area contributed by atoms with Crippen LogP contribution in [0.5, 0.6) is 0 Å². The van der Waals surface area contributed by atoms with Gasteiger partial charge in [-0.25, -0.2) is 0 Å². The molecule has 0 saturated carbocycles. The average Bonchev–Trinajstić information content (AvgIpc) is 3.10. The van der Waals surface area contributed by atoms with Crippen molar-refractivity contribution in [1.29, 1.82) is 0 Å². The molecule has 2 aliphatic rings. The second-order valence-electron chi connectivity index (χ2n) is 13.2. The summed E-state index contributed by atoms with van der Waals surface area (Å²) in [6.45, 7) is 9.02. The van der Waals surface area contributed by atoms with Gasteiger partial charge in [0.05, 0.1) is 0 Å². The van der Waals surface area contributed by atoms with Crippen LogP contribution in [0.25, 0.3) is 33.4 Å². The molecule has 2 aromatic carbocycles. The molecule has 0 fully saturated rings. The molecular formula is C43H58N2NiO2. The van der Waals surface area contributed by atoms with E-state index in [4.69, 9.17) is 19.4 Å². The summed E-state index contributed by atoms with van der Waals surface area (Å²) in [6.07, 6.45) is 23.3. The Morgan fingerprint density at radius 2 is 1.38 bits per heavy atom. The second-order valence-corrected chi connectivity index (χ2v) is 13.7. The average molecular weight is 694 g/mol. The second kappa shape index (κ2) is 20.4. The Kier molecular flexibility index (Phi) is 16.0. The molecule has 262 valence electrons. The summed E-state index contributed by atoms with van der Waals surface area (Å²) < 4.78 is 7.24. The van der Waals surface area contributed by atoms with Crippen molar-refractivity contribution in [2.45, 2.75) is 111 Å². The molecule has 4 rings (SSSR count). The first kappa shape index (κ1) is 37.6. The maximum absolute atomic E-state index is 13.9. The Balaban J connectivity index is 1.36. The van der Waals surface area contributed by atoms with E-state index < -0.39 is 0 Å². The SMILES string of the molecule is CCCCCCCCCCCCCCC/C=C/CN(C)C(=O)c1ccccc1-c1c2cc[c](=[Ni])cc-2oc2cc(N(CC)CC)ccc12. The third-order valence-corrected chi connectivity index (χ3v) is 9.88. The standard InChI is InChI=1S/C43H58N2O2.Ni/c1-5-8-9-10-11-12-13-14-15-16-17-18-19-20-21-26-33-44(4)43(46)37-28-23-22-27-36(37)42-38-29-24-25-30-40(38)47-41-34-35(31-32-39(41)42)45(6-2)7-3;/h21-24,26-32,34H,5-20,33H2,1-4H3;/b26-21+;. The number of rotatable bonds is 21. The Bertz CT molecular complexity index is 1620. The molecule has 1 heterocycles. The number of carbonyl (C=O) groups excluding carboxylic acids is 1. The molecule has 1 amide bonds. The quantitative estimate of drug-likeness (QED) is 0.0377. The summed E-state index contributed by atoms with van der Waals surface area (Å²) >= 11 is 5.17. The van der Waals surface area contributed by atoms with Gasteiger partial charge in [0.1, 0.15) is 0 Å². The molecule has 0 bridgehead atoms. The molecule has 0 radical (unpaired) electrons. The van der Waals surface area contributed by atoms with Gasteiger partial charge in [0.2, 0.25) is 0 Å². The van der Waals surface area contributed by atoms with Crippen LogP contribution in [0.3, 0.4) is 0 Å². The molecule has 0 N–H and O–H groups in total. The Morgan fingerprint density at radius 3 is 2.04 bits per heavy atom. The predicted molar refractivity (Wildman–Crippen MR) is 201 cm³/mol. The normalized spacial score (nSPS) is 11.6. The molecule has 1 aliphatic carbocycles. The van der Waals surface area contributed by atoms with Crippen LogP contribution in [0.2, 0.25) is 0 Å². The molecule has 0 atom stereocenters. The summed E-state index contributed by atoms with van der Waals surface area (Å²) in [7, 11) is 1.90. The molecule has 0 saturated heterocycles. The van der Waals surface area contributed by atoms with Gasteiger partial charge in [-0.3, -0.25) is 0 Å². The van der Waals surface area contributed by atoms with Crippen LogP contribution in [-0.2, 0) is 15.0 Å². The van der Waals surface area contributed by atoms with Crippen molar-refractivity contribution in [2.75, 3.05) is 31.6 Å². The van der Waals surface area contributed by atoms with Gasteiger partial charge < -0.3 is 0 Å². The zero-order valence-electron chi connectivity index (χ0n) is 30.0. The van der Waals surface area contributed by atoms with Crippen molar-refractivity contribution in [3.63, 3.8) is 0 Å². The monoisotopic (exact) mass is 692 g/mol. The fraction of sp³-hybridized carbons (Fsp3) is 0.488. The van der Waals surface area contributed by atoms with Gasteiger partial charge in [-0.1, -0.05) is 84.0 Å². The first-order valence-corrected chi connectivity index (χ1v) is 19.2. The number of anilines is 1. The van der Waals surface area contributed by atoms with E-state index in [2.05, 4.69) is 62.1 Å². The van der Waals surface area contributed by atoms with Gasteiger partial charge >= 0.3 is 202 Å². The van der Waals surface area contributed by atoms with E-state index in [1.54, 1.807) is 0 Å². The van der Waals surface area contributed by atoms with E-state index in [1.807, 2.05) is 48.3 Å². The zero-order valence-corrected chi connectivity index (χ0v) is 31.0. The molecule has 0 spiro atoms. The first-order valence-electron chi connectivity index (χ1n) is 18.7. The van der Waals surface area contributed by atoms with E-state index in [0.717, 1.165) is 62.8 Å². The van der Waals surface area contributed by atoms with Gasteiger partial charge in [-0.15, -0.1) is 0 Å². The van der Waals surface area contributed by atoms with Crippen LogP contribution in [0.1, 0.15) is 121 Å². The topological polar surface area (TPSA) is 36.7 Å². The minimum absolute atomic E-state index is 0.0141. The first-order chi connectivity index (χ1) is 23.5. The van der Waals surface area contributed by atoms with Crippen LogP contribution < -0.4 is 4.90 Å². The van der Waals surface area contributed by atoms with Crippen LogP contribution in [0, 0.1) is 4.14 Å². The summed E-state index contributed by atoms with van der Waals surface area (Å²) in [6, 6.07) is 20.3. The van der Waals surface area contributed by atoms with Gasteiger partial charge in [0.15, 0.2) is 0 Å². The van der Waals surface area contributed by atoms with E-state index in [9.17, 15) is 4.79 Å². The van der Waals surface area contributed by atoms with Crippen molar-refractivity contribution in [1.82, 2.24) is 4.90 Å². The number of likely N-dealkylation sites (N-methyl/N-ethyl adjacent to an activating group) is 1. The zero-order chi connectivity index (χ0) is 34.1. The molecule has 1 aliphatic heterocycles. The van der Waals surface area contributed by atoms with Gasteiger partial charge in [-0.05, 0) is 12.8 Å². The predicted octanol–water partition coefficient (Wildman–Crippen LogP) is 12.2. The van der Waals surface area contributed by atoms with Gasteiger partial charge in [0.25, 0.3) is 0 Å². The van der Waals surface area contributed by atoms with Crippen LogP contribution in [0.15, 0.2) is 77.2 Å². The summed E-state index contributed by atoms with van der Waals surface area (Å²) in [5, 5.41) is 0.986. The summed E-state index contributed by atoms with van der Waals surface area (Å²) in [5.74, 6) is 0.754. The number of fused-ring (bicyclic) bond motifs is 2. The van der Waals surface area contributed by atoms with E-state index in [0.29, 0.717) is 12.1 Å². The molecule has 0 aromatic heterocycles. The maximum atomic E-state index is 13.9. The Morgan fingerprint density at radius 1 is 0.729 bits per heavy atom. The third kappa shape index (κ3) is 10.7. The van der Waals surface area contributed by atoms with Crippen LogP contribution in [-0.4, -0.2) is 37.5 Å². The summed E-state index contributed by atoms with van der Waals surface area (Å²) in [4.78, 5) is 18.1. The number of allylic oxidation sites excluding steroid dienone is 1. The third-order valence-electron chi connectivity index (χ3n) is 9.57. The van der Waals surface area contributed by atoms with Crippen molar-refractivity contribution in [2.24, 2.45) is 0 Å². The molecule has 5 heteroatoms. The number of nitrogens with zero attached hydrogens (tertiary/aromatic N) is 2. The Hall–Kier alpha value is -3.17. The molecular weight excluding hydrogens is 635 g/mol. The number of unbranched alkanes of at least 4 members (excludes halogenated alkanes) is 13. The van der Waals surface area contributed by atoms with Gasteiger partial charge in [-0.2, -0.15) is 0 Å². The van der Waals surface area contributed by atoms with E-state index in [-0.39, 0.29) is 5.91 Å². The number of carbonyl (C=O) groups is 1. The van der Waals surface area contributed by atoms with Crippen molar-refractivity contribution >= 4 is 22.6 Å². The molecule has 0 unspecified atom stereocenters.